The van der Waals surface area contributed by atoms with Crippen LogP contribution < -0.4 is 10.1 Å². The number of hydrogen-bond donors (Lipinski definition) is 1. The van der Waals surface area contributed by atoms with E-state index in [1.165, 1.54) is 11.8 Å². The first-order valence-corrected chi connectivity index (χ1v) is 9.43. The maximum Gasteiger partial charge on any atom is 0.272 e. The van der Waals surface area contributed by atoms with Crippen molar-refractivity contribution >= 4 is 44.5 Å². The Morgan fingerprint density at radius 1 is 1.40 bits per heavy atom. The second kappa shape index (κ2) is 7.82. The predicted molar refractivity (Wildman–Crippen MR) is 106 cm³/mol. The van der Waals surface area contributed by atoms with Crippen molar-refractivity contribution < 1.29 is 9.53 Å². The van der Waals surface area contributed by atoms with Gasteiger partial charge in [-0.05, 0) is 54.2 Å². The van der Waals surface area contributed by atoms with Gasteiger partial charge in [-0.15, -0.1) is 24.6 Å². The van der Waals surface area contributed by atoms with Crippen molar-refractivity contribution in [3.8, 4) is 30.4 Å². The number of amides is 1. The second-order valence-corrected chi connectivity index (χ2v) is 7.54. The molecule has 1 atom stereocenters. The van der Waals surface area contributed by atoms with Crippen molar-refractivity contribution in [1.29, 1.82) is 0 Å². The van der Waals surface area contributed by atoms with Crippen LogP contribution in [0.15, 0.2) is 28.9 Å². The number of ether oxygens (including phenoxy) is 1. The summed E-state index contributed by atoms with van der Waals surface area (Å²) in [6.45, 7) is 3.50. The SMILES string of the molecule is C#Cc1cnc2c(Br)cc(OC(SC)C(=O)NC(C)(C)C#C)cc2c1. The number of fused-ring (bicyclic) bond motifs is 1. The molecule has 0 saturated heterocycles. The van der Waals surface area contributed by atoms with Crippen LogP contribution in [-0.4, -0.2) is 28.1 Å². The van der Waals surface area contributed by atoms with Crippen LogP contribution in [0.2, 0.25) is 0 Å². The molecule has 0 fully saturated rings. The van der Waals surface area contributed by atoms with Gasteiger partial charge in [0.05, 0.1) is 11.1 Å². The summed E-state index contributed by atoms with van der Waals surface area (Å²) in [5.41, 5.74) is -0.0403. The van der Waals surface area contributed by atoms with Crippen molar-refractivity contribution in [2.45, 2.75) is 24.8 Å². The van der Waals surface area contributed by atoms with E-state index in [0.717, 1.165) is 15.4 Å². The van der Waals surface area contributed by atoms with Crippen LogP contribution >= 0.6 is 27.7 Å². The van der Waals surface area contributed by atoms with Crippen molar-refractivity contribution in [2.75, 3.05) is 6.26 Å². The molecule has 0 bridgehead atoms. The van der Waals surface area contributed by atoms with Crippen LogP contribution in [-0.2, 0) is 4.79 Å². The third-order valence-electron chi connectivity index (χ3n) is 3.34. The van der Waals surface area contributed by atoms with Crippen molar-refractivity contribution in [3.05, 3.63) is 34.4 Å². The topological polar surface area (TPSA) is 51.2 Å². The molecular formula is C19H17BrN2O2S. The minimum absolute atomic E-state index is 0.290. The van der Waals surface area contributed by atoms with E-state index in [1.807, 2.05) is 6.07 Å². The number of nitrogens with zero attached hydrogens (tertiary/aromatic N) is 1. The molecule has 128 valence electrons. The molecule has 1 unspecified atom stereocenters. The predicted octanol–water partition coefficient (Wildman–Crippen LogP) is 3.57. The number of rotatable bonds is 5. The van der Waals surface area contributed by atoms with Gasteiger partial charge in [0.1, 0.15) is 5.75 Å². The molecule has 2 rings (SSSR count). The van der Waals surface area contributed by atoms with E-state index < -0.39 is 11.0 Å². The average Bonchev–Trinajstić information content (AvgIpc) is 2.58. The third-order valence-corrected chi connectivity index (χ3v) is 4.69. The maximum atomic E-state index is 12.4. The molecule has 0 aliphatic heterocycles. The summed E-state index contributed by atoms with van der Waals surface area (Å²) in [7, 11) is 0. The number of benzene rings is 1. The molecule has 1 aromatic carbocycles. The monoisotopic (exact) mass is 416 g/mol. The Balaban J connectivity index is 2.30. The first-order chi connectivity index (χ1) is 11.8. The molecule has 0 aliphatic rings. The number of halogens is 1. The lowest BCUT2D eigenvalue weighted by Crippen LogP contribution is -2.47. The zero-order valence-electron chi connectivity index (χ0n) is 14.1. The zero-order chi connectivity index (χ0) is 18.6. The Bertz CT molecular complexity index is 897. The molecule has 0 radical (unpaired) electrons. The molecule has 0 saturated carbocycles. The first kappa shape index (κ1) is 19.2. The molecule has 1 aromatic heterocycles. The smallest absolute Gasteiger partial charge is 0.272 e. The highest BCUT2D eigenvalue weighted by Crippen LogP contribution is 2.30. The molecule has 1 heterocycles. The van der Waals surface area contributed by atoms with Gasteiger partial charge < -0.3 is 10.1 Å². The summed E-state index contributed by atoms with van der Waals surface area (Å²) in [6, 6.07) is 5.42. The number of aromatic nitrogens is 1. The molecule has 1 N–H and O–H groups in total. The van der Waals surface area contributed by atoms with Gasteiger partial charge in [-0.3, -0.25) is 9.78 Å². The average molecular weight is 417 g/mol. The Labute approximate surface area is 160 Å². The van der Waals surface area contributed by atoms with Gasteiger partial charge in [0.2, 0.25) is 5.44 Å². The number of carbonyl (C=O) groups is 1. The van der Waals surface area contributed by atoms with E-state index in [9.17, 15) is 4.79 Å². The van der Waals surface area contributed by atoms with E-state index in [2.05, 4.69) is 38.1 Å². The summed E-state index contributed by atoms with van der Waals surface area (Å²) in [5.74, 6) is 5.33. The fraction of sp³-hybridized carbons (Fsp3) is 0.263. The summed E-state index contributed by atoms with van der Waals surface area (Å²) in [4.78, 5) is 16.7. The fourth-order valence-corrected chi connectivity index (χ4v) is 3.10. The standard InChI is InChI=1S/C19H17BrN2O2S/c1-6-12-8-13-9-14(10-15(20)16(13)21-11-12)24-18(25-5)17(23)22-19(3,4)7-2/h1-2,8-11,18H,3-5H3,(H,22,23). The maximum absolute atomic E-state index is 12.4. The van der Waals surface area contributed by atoms with Crippen molar-refractivity contribution in [3.63, 3.8) is 0 Å². The molecule has 25 heavy (non-hydrogen) atoms. The van der Waals surface area contributed by atoms with E-state index in [1.54, 1.807) is 38.4 Å². The number of nitrogens with one attached hydrogen (secondary N) is 1. The molecular weight excluding hydrogens is 400 g/mol. The van der Waals surface area contributed by atoms with Crippen molar-refractivity contribution in [2.24, 2.45) is 0 Å². The number of hydrogen-bond acceptors (Lipinski definition) is 4. The van der Waals surface area contributed by atoms with Crippen LogP contribution in [0.25, 0.3) is 10.9 Å². The van der Waals surface area contributed by atoms with Gasteiger partial charge in [-0.2, -0.15) is 0 Å². The van der Waals surface area contributed by atoms with E-state index >= 15 is 0 Å². The lowest BCUT2D eigenvalue weighted by Gasteiger charge is -2.24. The van der Waals surface area contributed by atoms with Crippen LogP contribution in [0, 0.1) is 24.7 Å². The van der Waals surface area contributed by atoms with E-state index in [4.69, 9.17) is 17.6 Å². The lowest BCUT2D eigenvalue weighted by atomic mass is 10.1. The van der Waals surface area contributed by atoms with Gasteiger partial charge >= 0.3 is 0 Å². The Morgan fingerprint density at radius 2 is 2.12 bits per heavy atom. The minimum Gasteiger partial charge on any atom is -0.470 e. The van der Waals surface area contributed by atoms with Crippen LogP contribution in [0.3, 0.4) is 0 Å². The highest BCUT2D eigenvalue weighted by Gasteiger charge is 2.25. The summed E-state index contributed by atoms with van der Waals surface area (Å²) < 4.78 is 6.61. The third kappa shape index (κ3) is 4.69. The number of pyridine rings is 1. The van der Waals surface area contributed by atoms with Gasteiger partial charge in [-0.25, -0.2) is 0 Å². The highest BCUT2D eigenvalue weighted by molar-refractivity contribution is 9.10. The van der Waals surface area contributed by atoms with Gasteiger partial charge in [-0.1, -0.05) is 11.8 Å². The fourth-order valence-electron chi connectivity index (χ4n) is 2.06. The van der Waals surface area contributed by atoms with Gasteiger partial charge in [0, 0.05) is 21.6 Å². The molecule has 2 aromatic rings. The summed E-state index contributed by atoms with van der Waals surface area (Å²) >= 11 is 4.75. The lowest BCUT2D eigenvalue weighted by molar-refractivity contribution is -0.125. The van der Waals surface area contributed by atoms with Crippen LogP contribution in [0.1, 0.15) is 19.4 Å². The van der Waals surface area contributed by atoms with E-state index in [-0.39, 0.29) is 5.91 Å². The molecule has 4 nitrogen and oxygen atoms in total. The molecule has 0 aliphatic carbocycles. The Hall–Kier alpha value is -2.15. The van der Waals surface area contributed by atoms with Crippen molar-refractivity contribution in [1.82, 2.24) is 10.3 Å². The number of carbonyl (C=O) groups excluding carboxylic acids is 1. The Morgan fingerprint density at radius 3 is 2.72 bits per heavy atom. The van der Waals surface area contributed by atoms with Crippen LogP contribution in [0.4, 0.5) is 0 Å². The van der Waals surface area contributed by atoms with E-state index in [0.29, 0.717) is 11.3 Å². The van der Waals surface area contributed by atoms with Gasteiger partial charge in [0.15, 0.2) is 0 Å². The normalized spacial score (nSPS) is 12.1. The zero-order valence-corrected chi connectivity index (χ0v) is 16.5. The Kier molecular flexibility index (Phi) is 6.00. The largest absolute Gasteiger partial charge is 0.470 e. The number of terminal acetylenes is 2. The summed E-state index contributed by atoms with van der Waals surface area (Å²) in [6.07, 6.45) is 14.3. The minimum atomic E-state index is -0.746. The summed E-state index contributed by atoms with van der Waals surface area (Å²) in [5, 5.41) is 3.60. The second-order valence-electron chi connectivity index (χ2n) is 5.79. The van der Waals surface area contributed by atoms with Crippen LogP contribution in [0.5, 0.6) is 5.75 Å². The molecule has 6 heteroatoms. The number of thioether (sulfide) groups is 1. The quantitative estimate of drug-likeness (QED) is 0.597. The molecule has 0 spiro atoms. The molecule has 1 amide bonds. The highest BCUT2D eigenvalue weighted by atomic mass is 79.9. The first-order valence-electron chi connectivity index (χ1n) is 7.35. The van der Waals surface area contributed by atoms with Gasteiger partial charge in [0.25, 0.3) is 5.91 Å².